The molecule has 1 aliphatic heterocycles. The predicted octanol–water partition coefficient (Wildman–Crippen LogP) is 1.78. The van der Waals surface area contributed by atoms with E-state index >= 15 is 0 Å². The highest BCUT2D eigenvalue weighted by Gasteiger charge is 2.27. The van der Waals surface area contributed by atoms with Crippen LogP contribution in [-0.4, -0.2) is 30.2 Å². The van der Waals surface area contributed by atoms with E-state index in [2.05, 4.69) is 31.0 Å². The van der Waals surface area contributed by atoms with Crippen LogP contribution < -0.4 is 0 Å². The third-order valence-electron chi connectivity index (χ3n) is 2.57. The number of aliphatic hydroxyl groups excluding tert-OH is 1. The molecule has 0 radical (unpaired) electrons. The molecule has 1 unspecified atom stereocenters. The molecule has 0 spiro atoms. The first-order valence-corrected chi connectivity index (χ1v) is 4.93. The standard InChI is InChI=1S/C11H19NO/c1-4-6-11-10(5-2)9(8-13)7-12(11)3/h5-6,9,13H,4,7-8H2,1-3H3/b10-5?,11-6+. The van der Waals surface area contributed by atoms with Gasteiger partial charge in [-0.15, -0.1) is 0 Å². The summed E-state index contributed by atoms with van der Waals surface area (Å²) < 4.78 is 0. The van der Waals surface area contributed by atoms with Crippen molar-refractivity contribution >= 4 is 0 Å². The van der Waals surface area contributed by atoms with Crippen molar-refractivity contribution in [3.63, 3.8) is 0 Å². The zero-order valence-corrected chi connectivity index (χ0v) is 8.75. The molecule has 1 atom stereocenters. The average Bonchev–Trinajstić information content (AvgIpc) is 2.44. The first-order chi connectivity index (χ1) is 6.24. The summed E-state index contributed by atoms with van der Waals surface area (Å²) >= 11 is 0. The van der Waals surface area contributed by atoms with Crippen molar-refractivity contribution < 1.29 is 5.11 Å². The van der Waals surface area contributed by atoms with Gasteiger partial charge in [0.2, 0.25) is 0 Å². The molecule has 1 saturated heterocycles. The van der Waals surface area contributed by atoms with Crippen LogP contribution in [-0.2, 0) is 0 Å². The van der Waals surface area contributed by atoms with Crippen LogP contribution in [0.1, 0.15) is 20.3 Å². The van der Waals surface area contributed by atoms with Gasteiger partial charge in [0.05, 0.1) is 6.61 Å². The smallest absolute Gasteiger partial charge is 0.0517 e. The molecule has 1 heterocycles. The fraction of sp³-hybridized carbons (Fsp3) is 0.636. The normalized spacial score (nSPS) is 29.2. The van der Waals surface area contributed by atoms with Crippen LogP contribution in [0.4, 0.5) is 0 Å². The van der Waals surface area contributed by atoms with E-state index in [0.717, 1.165) is 13.0 Å². The maximum atomic E-state index is 9.18. The molecule has 0 aromatic rings. The lowest BCUT2D eigenvalue weighted by molar-refractivity contribution is 0.241. The lowest BCUT2D eigenvalue weighted by atomic mass is 10.0. The van der Waals surface area contributed by atoms with Crippen LogP contribution in [0, 0.1) is 5.92 Å². The molecule has 1 fully saturated rings. The van der Waals surface area contributed by atoms with Gasteiger partial charge in [-0.05, 0) is 18.9 Å². The quantitative estimate of drug-likeness (QED) is 0.702. The molecule has 2 heteroatoms. The lowest BCUT2D eigenvalue weighted by Gasteiger charge is -2.12. The Kier molecular flexibility index (Phi) is 3.55. The number of likely N-dealkylation sites (tertiary alicyclic amines) is 1. The van der Waals surface area contributed by atoms with Crippen LogP contribution in [0.25, 0.3) is 0 Å². The van der Waals surface area contributed by atoms with Crippen LogP contribution >= 0.6 is 0 Å². The van der Waals surface area contributed by atoms with Crippen molar-refractivity contribution in [2.75, 3.05) is 20.2 Å². The molecule has 0 aromatic carbocycles. The Bertz CT molecular complexity index is 230. The topological polar surface area (TPSA) is 23.5 Å². The SMILES string of the molecule is CC=C1/C(=C\CC)N(C)CC1CO. The third-order valence-corrected chi connectivity index (χ3v) is 2.57. The summed E-state index contributed by atoms with van der Waals surface area (Å²) in [4.78, 5) is 2.22. The maximum absolute atomic E-state index is 9.18. The van der Waals surface area contributed by atoms with Gasteiger partial charge in [0.25, 0.3) is 0 Å². The monoisotopic (exact) mass is 181 g/mol. The molecule has 74 valence electrons. The van der Waals surface area contributed by atoms with Gasteiger partial charge in [-0.2, -0.15) is 0 Å². The number of rotatable bonds is 2. The summed E-state index contributed by atoms with van der Waals surface area (Å²) in [5.74, 6) is 0.313. The molecule has 0 amide bonds. The van der Waals surface area contributed by atoms with Crippen molar-refractivity contribution in [1.29, 1.82) is 0 Å². The Balaban J connectivity index is 2.90. The summed E-state index contributed by atoms with van der Waals surface area (Å²) in [6.07, 6.45) is 5.39. The summed E-state index contributed by atoms with van der Waals surface area (Å²) in [6.45, 7) is 5.38. The predicted molar refractivity (Wildman–Crippen MR) is 55.3 cm³/mol. The van der Waals surface area contributed by atoms with E-state index in [1.807, 2.05) is 6.92 Å². The highest BCUT2D eigenvalue weighted by Crippen LogP contribution is 2.30. The number of aliphatic hydroxyl groups is 1. The summed E-state index contributed by atoms with van der Waals surface area (Å²) in [6, 6.07) is 0. The molecular weight excluding hydrogens is 162 g/mol. The number of allylic oxidation sites excluding steroid dienone is 3. The second kappa shape index (κ2) is 4.47. The van der Waals surface area contributed by atoms with Crippen molar-refractivity contribution in [3.05, 3.63) is 23.4 Å². The fourth-order valence-corrected chi connectivity index (χ4v) is 1.96. The Morgan fingerprint density at radius 3 is 2.77 bits per heavy atom. The molecular formula is C11H19NO. The fourth-order valence-electron chi connectivity index (χ4n) is 1.96. The van der Waals surface area contributed by atoms with E-state index < -0.39 is 0 Å². The number of hydrogen-bond acceptors (Lipinski definition) is 2. The number of hydrogen-bond donors (Lipinski definition) is 1. The van der Waals surface area contributed by atoms with E-state index in [1.54, 1.807) is 0 Å². The zero-order chi connectivity index (χ0) is 9.84. The van der Waals surface area contributed by atoms with Crippen molar-refractivity contribution in [1.82, 2.24) is 4.90 Å². The molecule has 0 saturated carbocycles. The Hall–Kier alpha value is -0.760. The Morgan fingerprint density at radius 2 is 2.31 bits per heavy atom. The molecule has 13 heavy (non-hydrogen) atoms. The second-order valence-corrected chi connectivity index (χ2v) is 3.50. The highest BCUT2D eigenvalue weighted by molar-refractivity contribution is 5.36. The molecule has 1 rings (SSSR count). The summed E-state index contributed by atoms with van der Waals surface area (Å²) in [7, 11) is 2.08. The first kappa shape index (κ1) is 10.3. The Morgan fingerprint density at radius 1 is 1.62 bits per heavy atom. The van der Waals surface area contributed by atoms with E-state index in [9.17, 15) is 5.11 Å². The molecule has 1 N–H and O–H groups in total. The van der Waals surface area contributed by atoms with Gasteiger partial charge in [0.15, 0.2) is 0 Å². The third kappa shape index (κ3) is 1.94. The van der Waals surface area contributed by atoms with Gasteiger partial charge in [0, 0.05) is 25.2 Å². The average molecular weight is 181 g/mol. The van der Waals surface area contributed by atoms with E-state index in [-0.39, 0.29) is 6.61 Å². The second-order valence-electron chi connectivity index (χ2n) is 3.50. The zero-order valence-electron chi connectivity index (χ0n) is 8.75. The van der Waals surface area contributed by atoms with Crippen molar-refractivity contribution in [2.24, 2.45) is 5.92 Å². The van der Waals surface area contributed by atoms with Gasteiger partial charge in [-0.3, -0.25) is 0 Å². The first-order valence-electron chi connectivity index (χ1n) is 4.93. The Labute approximate surface area is 80.6 Å². The lowest BCUT2D eigenvalue weighted by Crippen LogP contribution is -2.14. The van der Waals surface area contributed by atoms with Gasteiger partial charge in [-0.25, -0.2) is 0 Å². The number of likely N-dealkylation sites (N-methyl/N-ethyl adjacent to an activating group) is 1. The van der Waals surface area contributed by atoms with E-state index in [0.29, 0.717) is 5.92 Å². The van der Waals surface area contributed by atoms with Gasteiger partial charge in [-0.1, -0.05) is 19.1 Å². The van der Waals surface area contributed by atoms with Gasteiger partial charge >= 0.3 is 0 Å². The molecule has 0 aromatic heterocycles. The van der Waals surface area contributed by atoms with E-state index in [1.165, 1.54) is 11.3 Å². The van der Waals surface area contributed by atoms with Crippen molar-refractivity contribution in [3.8, 4) is 0 Å². The minimum absolute atomic E-state index is 0.255. The molecule has 0 bridgehead atoms. The van der Waals surface area contributed by atoms with Crippen LogP contribution in [0.3, 0.4) is 0 Å². The summed E-state index contributed by atoms with van der Waals surface area (Å²) in [5.41, 5.74) is 2.59. The minimum atomic E-state index is 0.255. The molecule has 2 nitrogen and oxygen atoms in total. The highest BCUT2D eigenvalue weighted by atomic mass is 16.3. The van der Waals surface area contributed by atoms with Crippen molar-refractivity contribution in [2.45, 2.75) is 20.3 Å². The van der Waals surface area contributed by atoms with E-state index in [4.69, 9.17) is 0 Å². The minimum Gasteiger partial charge on any atom is -0.396 e. The van der Waals surface area contributed by atoms with Crippen LogP contribution in [0.5, 0.6) is 0 Å². The largest absolute Gasteiger partial charge is 0.396 e. The van der Waals surface area contributed by atoms with Gasteiger partial charge in [0.1, 0.15) is 0 Å². The molecule has 1 aliphatic rings. The summed E-state index contributed by atoms with van der Waals surface area (Å²) in [5, 5.41) is 9.18. The molecule has 0 aliphatic carbocycles. The van der Waals surface area contributed by atoms with Crippen LogP contribution in [0.15, 0.2) is 23.4 Å². The number of nitrogens with zero attached hydrogens (tertiary/aromatic N) is 1. The van der Waals surface area contributed by atoms with Crippen LogP contribution in [0.2, 0.25) is 0 Å². The van der Waals surface area contributed by atoms with Gasteiger partial charge < -0.3 is 10.0 Å². The maximum Gasteiger partial charge on any atom is 0.0517 e.